The Morgan fingerprint density at radius 3 is 2.47 bits per heavy atom. The van der Waals surface area contributed by atoms with Crippen LogP contribution in [0.3, 0.4) is 0 Å². The lowest BCUT2D eigenvalue weighted by Crippen LogP contribution is -2.50. The van der Waals surface area contributed by atoms with Crippen molar-refractivity contribution < 1.29 is 0 Å². The molecule has 0 saturated heterocycles. The van der Waals surface area contributed by atoms with Crippen molar-refractivity contribution in [2.45, 2.75) is 70.4 Å². The van der Waals surface area contributed by atoms with Crippen molar-refractivity contribution in [1.82, 2.24) is 4.90 Å². The maximum absolute atomic E-state index is 6.31. The van der Waals surface area contributed by atoms with Crippen molar-refractivity contribution >= 4 is 0 Å². The molecular weight excluding hydrogens is 208 g/mol. The summed E-state index contributed by atoms with van der Waals surface area (Å²) in [5, 5.41) is 0. The molecule has 0 aliphatic heterocycles. The van der Waals surface area contributed by atoms with E-state index in [4.69, 9.17) is 5.73 Å². The molecule has 0 aromatic rings. The summed E-state index contributed by atoms with van der Waals surface area (Å²) in [6, 6.07) is 1.06. The summed E-state index contributed by atoms with van der Waals surface area (Å²) < 4.78 is 0. The van der Waals surface area contributed by atoms with Gasteiger partial charge in [-0.05, 0) is 51.0 Å². The molecule has 0 spiro atoms. The van der Waals surface area contributed by atoms with Crippen LogP contribution in [-0.2, 0) is 0 Å². The topological polar surface area (TPSA) is 29.3 Å². The summed E-state index contributed by atoms with van der Waals surface area (Å²) >= 11 is 0. The Labute approximate surface area is 107 Å². The molecule has 0 aromatic heterocycles. The number of rotatable bonds is 3. The smallest absolute Gasteiger partial charge is 0.0246 e. The van der Waals surface area contributed by atoms with Gasteiger partial charge in [-0.2, -0.15) is 0 Å². The maximum Gasteiger partial charge on any atom is 0.0246 e. The van der Waals surface area contributed by atoms with E-state index in [1.807, 2.05) is 0 Å². The van der Waals surface area contributed by atoms with Crippen molar-refractivity contribution in [3.63, 3.8) is 0 Å². The first-order valence-corrected chi connectivity index (χ1v) is 7.62. The zero-order chi connectivity index (χ0) is 12.3. The number of likely N-dealkylation sites (N-methyl/N-ethyl adjacent to an activating group) is 1. The quantitative estimate of drug-likeness (QED) is 0.819. The first-order valence-electron chi connectivity index (χ1n) is 7.62. The molecular formula is C15H30N2. The minimum Gasteiger partial charge on any atom is -0.326 e. The SMILES string of the molecule is CC1CCC(N)C(N(C)CC2CCCCC2)C1. The van der Waals surface area contributed by atoms with Gasteiger partial charge in [0, 0.05) is 18.6 Å². The van der Waals surface area contributed by atoms with Crippen molar-refractivity contribution in [1.29, 1.82) is 0 Å². The Morgan fingerprint density at radius 2 is 1.76 bits per heavy atom. The van der Waals surface area contributed by atoms with E-state index in [0.29, 0.717) is 12.1 Å². The Kier molecular flexibility index (Phi) is 4.87. The zero-order valence-corrected chi connectivity index (χ0v) is 11.7. The van der Waals surface area contributed by atoms with Crippen molar-refractivity contribution in [2.75, 3.05) is 13.6 Å². The summed E-state index contributed by atoms with van der Waals surface area (Å²) in [6.45, 7) is 3.67. The standard InChI is InChI=1S/C15H30N2/c1-12-8-9-14(16)15(10-12)17(2)11-13-6-4-3-5-7-13/h12-15H,3-11,16H2,1-2H3. The van der Waals surface area contributed by atoms with Crippen LogP contribution < -0.4 is 5.73 Å². The normalized spacial score (nSPS) is 36.4. The molecule has 2 rings (SSSR count). The molecule has 100 valence electrons. The third-order valence-electron chi connectivity index (χ3n) is 4.97. The molecule has 2 nitrogen and oxygen atoms in total. The Balaban J connectivity index is 1.82. The van der Waals surface area contributed by atoms with Gasteiger partial charge in [-0.1, -0.05) is 26.2 Å². The molecule has 2 N–H and O–H groups in total. The molecule has 3 unspecified atom stereocenters. The van der Waals surface area contributed by atoms with E-state index in [1.165, 1.54) is 57.9 Å². The van der Waals surface area contributed by atoms with E-state index in [0.717, 1.165) is 11.8 Å². The fourth-order valence-corrected chi connectivity index (χ4v) is 3.79. The van der Waals surface area contributed by atoms with Gasteiger partial charge < -0.3 is 10.6 Å². The third-order valence-corrected chi connectivity index (χ3v) is 4.97. The highest BCUT2D eigenvalue weighted by Gasteiger charge is 2.30. The Morgan fingerprint density at radius 1 is 1.06 bits per heavy atom. The second kappa shape index (κ2) is 6.19. The van der Waals surface area contributed by atoms with Crippen LogP contribution in [0.2, 0.25) is 0 Å². The van der Waals surface area contributed by atoms with Crippen LogP contribution in [-0.4, -0.2) is 30.6 Å². The van der Waals surface area contributed by atoms with Crippen LogP contribution in [0.4, 0.5) is 0 Å². The van der Waals surface area contributed by atoms with Gasteiger partial charge in [-0.25, -0.2) is 0 Å². The lowest BCUT2D eigenvalue weighted by molar-refractivity contribution is 0.116. The van der Waals surface area contributed by atoms with E-state index in [-0.39, 0.29) is 0 Å². The first-order chi connectivity index (χ1) is 8.16. The molecule has 0 aromatic carbocycles. The second-order valence-electron chi connectivity index (χ2n) is 6.59. The molecule has 0 radical (unpaired) electrons. The van der Waals surface area contributed by atoms with Gasteiger partial charge in [0.15, 0.2) is 0 Å². The summed E-state index contributed by atoms with van der Waals surface area (Å²) in [4.78, 5) is 2.58. The van der Waals surface area contributed by atoms with Gasteiger partial charge >= 0.3 is 0 Å². The third kappa shape index (κ3) is 3.69. The lowest BCUT2D eigenvalue weighted by Gasteiger charge is -2.40. The van der Waals surface area contributed by atoms with Crippen LogP contribution in [0.25, 0.3) is 0 Å². The molecule has 17 heavy (non-hydrogen) atoms. The van der Waals surface area contributed by atoms with Gasteiger partial charge in [-0.3, -0.25) is 0 Å². The molecule has 0 amide bonds. The molecule has 2 fully saturated rings. The second-order valence-corrected chi connectivity index (χ2v) is 6.59. The van der Waals surface area contributed by atoms with Crippen molar-refractivity contribution in [3.8, 4) is 0 Å². The minimum atomic E-state index is 0.416. The molecule has 0 heterocycles. The van der Waals surface area contributed by atoms with Crippen LogP contribution >= 0.6 is 0 Å². The molecule has 2 aliphatic carbocycles. The van der Waals surface area contributed by atoms with Crippen molar-refractivity contribution in [3.05, 3.63) is 0 Å². The molecule has 2 aliphatic rings. The van der Waals surface area contributed by atoms with Crippen LogP contribution in [0.1, 0.15) is 58.3 Å². The fraction of sp³-hybridized carbons (Fsp3) is 1.00. The predicted molar refractivity (Wildman–Crippen MR) is 74.0 cm³/mol. The summed E-state index contributed by atoms with van der Waals surface area (Å²) in [5.41, 5.74) is 6.31. The summed E-state index contributed by atoms with van der Waals surface area (Å²) in [7, 11) is 2.30. The predicted octanol–water partition coefficient (Wildman–Crippen LogP) is 3.01. The largest absolute Gasteiger partial charge is 0.326 e. The number of hydrogen-bond donors (Lipinski definition) is 1. The highest BCUT2D eigenvalue weighted by molar-refractivity contribution is 4.88. The molecule has 0 bridgehead atoms. The van der Waals surface area contributed by atoms with Gasteiger partial charge in [0.25, 0.3) is 0 Å². The highest BCUT2D eigenvalue weighted by Crippen LogP contribution is 2.29. The van der Waals surface area contributed by atoms with Gasteiger partial charge in [-0.15, -0.1) is 0 Å². The first kappa shape index (κ1) is 13.4. The van der Waals surface area contributed by atoms with Crippen LogP contribution in [0, 0.1) is 11.8 Å². The highest BCUT2D eigenvalue weighted by atomic mass is 15.1. The summed E-state index contributed by atoms with van der Waals surface area (Å²) in [6.07, 6.45) is 11.1. The average Bonchev–Trinajstić information content (AvgIpc) is 2.33. The minimum absolute atomic E-state index is 0.416. The van der Waals surface area contributed by atoms with E-state index < -0.39 is 0 Å². The van der Waals surface area contributed by atoms with Gasteiger partial charge in [0.05, 0.1) is 0 Å². The number of nitrogens with zero attached hydrogens (tertiary/aromatic N) is 1. The zero-order valence-electron chi connectivity index (χ0n) is 11.7. The number of hydrogen-bond acceptors (Lipinski definition) is 2. The lowest BCUT2D eigenvalue weighted by atomic mass is 9.82. The maximum atomic E-state index is 6.31. The van der Waals surface area contributed by atoms with Gasteiger partial charge in [0.2, 0.25) is 0 Å². The van der Waals surface area contributed by atoms with Gasteiger partial charge in [0.1, 0.15) is 0 Å². The monoisotopic (exact) mass is 238 g/mol. The van der Waals surface area contributed by atoms with E-state index in [9.17, 15) is 0 Å². The fourth-order valence-electron chi connectivity index (χ4n) is 3.79. The molecule has 2 heteroatoms. The van der Waals surface area contributed by atoms with E-state index in [2.05, 4.69) is 18.9 Å². The molecule has 2 saturated carbocycles. The average molecular weight is 238 g/mol. The number of nitrogens with two attached hydrogens (primary N) is 1. The van der Waals surface area contributed by atoms with E-state index >= 15 is 0 Å². The summed E-state index contributed by atoms with van der Waals surface area (Å²) in [5.74, 6) is 1.81. The van der Waals surface area contributed by atoms with Crippen molar-refractivity contribution in [2.24, 2.45) is 17.6 Å². The Hall–Kier alpha value is -0.0800. The van der Waals surface area contributed by atoms with E-state index in [1.54, 1.807) is 0 Å². The van der Waals surface area contributed by atoms with Crippen LogP contribution in [0.5, 0.6) is 0 Å². The molecule has 3 atom stereocenters. The van der Waals surface area contributed by atoms with Crippen LogP contribution in [0.15, 0.2) is 0 Å². The Bertz CT molecular complexity index is 223.